The second-order valence-electron chi connectivity index (χ2n) is 8.04. The maximum atomic E-state index is 12.7. The van der Waals surface area contributed by atoms with E-state index < -0.39 is 0 Å². The van der Waals surface area contributed by atoms with Gasteiger partial charge in [0.25, 0.3) is 0 Å². The van der Waals surface area contributed by atoms with Gasteiger partial charge in [0.1, 0.15) is 0 Å². The fraction of sp³-hybridized carbons (Fsp3) is 0.440. The summed E-state index contributed by atoms with van der Waals surface area (Å²) in [4.78, 5) is 29.3. The Balaban J connectivity index is 1.46. The highest BCUT2D eigenvalue weighted by Crippen LogP contribution is 2.39. The third-order valence-corrected chi connectivity index (χ3v) is 5.93. The van der Waals surface area contributed by atoms with Gasteiger partial charge in [-0.15, -0.1) is 0 Å². The average molecular weight is 456 g/mol. The fourth-order valence-corrected chi connectivity index (χ4v) is 3.94. The molecule has 8 heteroatoms. The van der Waals surface area contributed by atoms with Crippen molar-refractivity contribution in [2.45, 2.75) is 19.8 Å². The highest BCUT2D eigenvalue weighted by Gasteiger charge is 2.22. The summed E-state index contributed by atoms with van der Waals surface area (Å²) < 4.78 is 16.0. The summed E-state index contributed by atoms with van der Waals surface area (Å²) in [5.74, 6) is 1.51. The molecule has 1 aliphatic rings. The maximum absolute atomic E-state index is 12.7. The third kappa shape index (κ3) is 6.38. The molecule has 8 nitrogen and oxygen atoms in total. The van der Waals surface area contributed by atoms with Crippen LogP contribution in [0.1, 0.15) is 17.5 Å². The van der Waals surface area contributed by atoms with Crippen LogP contribution in [0, 0.1) is 6.92 Å². The van der Waals surface area contributed by atoms with Crippen molar-refractivity contribution in [2.24, 2.45) is 0 Å². The molecule has 33 heavy (non-hydrogen) atoms. The minimum atomic E-state index is -0.0951. The number of amides is 2. The van der Waals surface area contributed by atoms with Crippen molar-refractivity contribution >= 4 is 17.5 Å². The van der Waals surface area contributed by atoms with Gasteiger partial charge in [0.2, 0.25) is 17.6 Å². The lowest BCUT2D eigenvalue weighted by Gasteiger charge is -2.34. The Morgan fingerprint density at radius 1 is 0.939 bits per heavy atom. The molecule has 0 atom stereocenters. The standard InChI is InChI=1S/C25H33N3O5/c1-18-7-5-6-8-19(18)15-24(30)28-13-11-27(12-14-28)10-9-23(29)26-20-16-21(31-2)25(33-4)22(17-20)32-3/h5-8,16-17H,9-15H2,1-4H3,(H,26,29). The van der Waals surface area contributed by atoms with E-state index in [9.17, 15) is 9.59 Å². The van der Waals surface area contributed by atoms with E-state index in [0.717, 1.165) is 24.2 Å². The first-order valence-electron chi connectivity index (χ1n) is 11.1. The van der Waals surface area contributed by atoms with Crippen LogP contribution in [0.4, 0.5) is 5.69 Å². The highest BCUT2D eigenvalue weighted by molar-refractivity contribution is 5.91. The smallest absolute Gasteiger partial charge is 0.227 e. The summed E-state index contributed by atoms with van der Waals surface area (Å²) >= 11 is 0. The monoisotopic (exact) mass is 455 g/mol. The number of anilines is 1. The van der Waals surface area contributed by atoms with Gasteiger partial charge in [0.05, 0.1) is 27.8 Å². The Morgan fingerprint density at radius 2 is 1.58 bits per heavy atom. The lowest BCUT2D eigenvalue weighted by molar-refractivity contribution is -0.132. The van der Waals surface area contributed by atoms with Crippen LogP contribution in [0.2, 0.25) is 0 Å². The van der Waals surface area contributed by atoms with Gasteiger partial charge >= 0.3 is 0 Å². The summed E-state index contributed by atoms with van der Waals surface area (Å²) in [6.07, 6.45) is 0.789. The van der Waals surface area contributed by atoms with Gasteiger partial charge in [0, 0.05) is 57.0 Å². The van der Waals surface area contributed by atoms with Crippen molar-refractivity contribution in [1.29, 1.82) is 0 Å². The molecule has 1 aliphatic heterocycles. The average Bonchev–Trinajstić information content (AvgIpc) is 2.83. The van der Waals surface area contributed by atoms with Crippen LogP contribution in [0.5, 0.6) is 17.2 Å². The summed E-state index contributed by atoms with van der Waals surface area (Å²) in [6, 6.07) is 11.4. The van der Waals surface area contributed by atoms with Crippen LogP contribution in [-0.4, -0.2) is 75.7 Å². The van der Waals surface area contributed by atoms with E-state index in [0.29, 0.717) is 55.4 Å². The first-order valence-corrected chi connectivity index (χ1v) is 11.1. The number of hydrogen-bond donors (Lipinski definition) is 1. The number of methoxy groups -OCH3 is 3. The van der Waals surface area contributed by atoms with Crippen LogP contribution in [0.3, 0.4) is 0 Å². The molecule has 0 saturated carbocycles. The molecule has 2 aromatic carbocycles. The molecule has 0 spiro atoms. The number of hydrogen-bond acceptors (Lipinski definition) is 6. The zero-order valence-electron chi connectivity index (χ0n) is 19.8. The summed E-state index contributed by atoms with van der Waals surface area (Å²) in [5, 5.41) is 2.90. The van der Waals surface area contributed by atoms with Crippen molar-refractivity contribution in [3.05, 3.63) is 47.5 Å². The zero-order chi connectivity index (χ0) is 23.8. The van der Waals surface area contributed by atoms with Crippen LogP contribution in [-0.2, 0) is 16.0 Å². The Kier molecular flexibility index (Phi) is 8.54. The number of ether oxygens (including phenoxy) is 3. The summed E-state index contributed by atoms with van der Waals surface area (Å²) in [6.45, 7) is 5.55. The molecule has 1 fully saturated rings. The Morgan fingerprint density at radius 3 is 2.15 bits per heavy atom. The molecule has 178 valence electrons. The Labute approximate surface area is 195 Å². The van der Waals surface area contributed by atoms with Crippen LogP contribution in [0.25, 0.3) is 0 Å². The molecule has 2 amide bonds. The molecule has 1 heterocycles. The van der Waals surface area contributed by atoms with E-state index in [1.165, 1.54) is 21.3 Å². The van der Waals surface area contributed by atoms with Gasteiger partial charge in [-0.3, -0.25) is 14.5 Å². The number of rotatable bonds is 9. The maximum Gasteiger partial charge on any atom is 0.227 e. The minimum Gasteiger partial charge on any atom is -0.493 e. The SMILES string of the molecule is COc1cc(NC(=O)CCN2CCN(C(=O)Cc3ccccc3C)CC2)cc(OC)c1OC. The third-order valence-electron chi connectivity index (χ3n) is 5.93. The molecular formula is C25H33N3O5. The highest BCUT2D eigenvalue weighted by atomic mass is 16.5. The van der Waals surface area contributed by atoms with Crippen molar-refractivity contribution in [2.75, 3.05) is 59.4 Å². The number of carbonyl (C=O) groups is 2. The fourth-order valence-electron chi connectivity index (χ4n) is 3.94. The molecule has 0 aliphatic carbocycles. The summed E-state index contributed by atoms with van der Waals surface area (Å²) in [7, 11) is 4.61. The molecule has 3 rings (SSSR count). The largest absolute Gasteiger partial charge is 0.493 e. The normalized spacial score (nSPS) is 14.0. The van der Waals surface area contributed by atoms with E-state index in [1.54, 1.807) is 12.1 Å². The predicted octanol–water partition coefficient (Wildman–Crippen LogP) is 2.74. The van der Waals surface area contributed by atoms with E-state index in [4.69, 9.17) is 14.2 Å². The predicted molar refractivity (Wildman–Crippen MR) is 127 cm³/mol. The van der Waals surface area contributed by atoms with E-state index in [1.807, 2.05) is 36.1 Å². The topological polar surface area (TPSA) is 80.3 Å². The number of piperazine rings is 1. The first kappa shape index (κ1) is 24.4. The quantitative estimate of drug-likeness (QED) is 0.626. The second-order valence-corrected chi connectivity index (χ2v) is 8.04. The Hall–Kier alpha value is -3.26. The number of aryl methyl sites for hydroxylation is 1. The van der Waals surface area contributed by atoms with Crippen LogP contribution >= 0.6 is 0 Å². The van der Waals surface area contributed by atoms with Crippen molar-refractivity contribution < 1.29 is 23.8 Å². The van der Waals surface area contributed by atoms with E-state index >= 15 is 0 Å². The molecule has 1 saturated heterocycles. The van der Waals surface area contributed by atoms with Crippen molar-refractivity contribution in [1.82, 2.24) is 9.80 Å². The van der Waals surface area contributed by atoms with E-state index in [-0.39, 0.29) is 11.8 Å². The van der Waals surface area contributed by atoms with E-state index in [2.05, 4.69) is 10.2 Å². The van der Waals surface area contributed by atoms with Crippen LogP contribution in [0.15, 0.2) is 36.4 Å². The molecule has 0 bridgehead atoms. The van der Waals surface area contributed by atoms with Crippen molar-refractivity contribution in [3.8, 4) is 17.2 Å². The van der Waals surface area contributed by atoms with Gasteiger partial charge in [0.15, 0.2) is 11.5 Å². The summed E-state index contributed by atoms with van der Waals surface area (Å²) in [5.41, 5.74) is 2.80. The molecule has 0 aromatic heterocycles. The van der Waals surface area contributed by atoms with Gasteiger partial charge < -0.3 is 24.4 Å². The molecule has 0 radical (unpaired) electrons. The molecule has 2 aromatic rings. The van der Waals surface area contributed by atoms with Crippen LogP contribution < -0.4 is 19.5 Å². The number of benzene rings is 2. The van der Waals surface area contributed by atoms with Crippen molar-refractivity contribution in [3.63, 3.8) is 0 Å². The number of carbonyl (C=O) groups excluding carboxylic acids is 2. The zero-order valence-corrected chi connectivity index (χ0v) is 19.8. The molecule has 0 unspecified atom stereocenters. The van der Waals surface area contributed by atoms with Gasteiger partial charge in [-0.1, -0.05) is 24.3 Å². The molecule has 1 N–H and O–H groups in total. The lowest BCUT2D eigenvalue weighted by Crippen LogP contribution is -2.49. The van der Waals surface area contributed by atoms with Gasteiger partial charge in [-0.25, -0.2) is 0 Å². The number of nitrogens with one attached hydrogen (secondary N) is 1. The minimum absolute atomic E-state index is 0.0951. The molecular weight excluding hydrogens is 422 g/mol. The van der Waals surface area contributed by atoms with Gasteiger partial charge in [-0.2, -0.15) is 0 Å². The Bertz CT molecular complexity index is 945. The second kappa shape index (κ2) is 11.6. The first-order chi connectivity index (χ1) is 15.9. The number of nitrogens with zero attached hydrogens (tertiary/aromatic N) is 2. The lowest BCUT2D eigenvalue weighted by atomic mass is 10.1. The van der Waals surface area contributed by atoms with Gasteiger partial charge in [-0.05, 0) is 18.1 Å².